The lowest BCUT2D eigenvalue weighted by atomic mass is 10.1. The van der Waals surface area contributed by atoms with E-state index in [-0.39, 0.29) is 23.5 Å². The van der Waals surface area contributed by atoms with Gasteiger partial charge in [0.2, 0.25) is 0 Å². The number of hydrogen-bond donors (Lipinski definition) is 2. The minimum absolute atomic E-state index is 0.0105. The molecule has 1 fully saturated rings. The van der Waals surface area contributed by atoms with Crippen molar-refractivity contribution in [1.82, 2.24) is 5.32 Å². The third-order valence-electron chi connectivity index (χ3n) is 3.29. The molecular weight excluding hydrogens is 280 g/mol. The largest absolute Gasteiger partial charge is 0.494 e. The zero-order valence-corrected chi connectivity index (χ0v) is 12.1. The van der Waals surface area contributed by atoms with Gasteiger partial charge in [-0.3, -0.25) is 4.79 Å². The van der Waals surface area contributed by atoms with Gasteiger partial charge in [0.1, 0.15) is 0 Å². The average Bonchev–Trinajstić information content (AvgIpc) is 2.37. The lowest BCUT2D eigenvalue weighted by Crippen LogP contribution is -2.43. The maximum absolute atomic E-state index is 12.2. The molecule has 0 bridgehead atoms. The number of ether oxygens (including phenoxy) is 1. The number of amides is 1. The highest BCUT2D eigenvalue weighted by Gasteiger charge is 2.27. The van der Waals surface area contributed by atoms with Gasteiger partial charge >= 0.3 is 0 Å². The molecule has 0 saturated carbocycles. The van der Waals surface area contributed by atoms with E-state index in [1.807, 2.05) is 0 Å². The fraction of sp³-hybridized carbons (Fsp3) is 0.462. The first-order valence-electron chi connectivity index (χ1n) is 6.37. The highest BCUT2D eigenvalue weighted by atomic mass is 32.2. The quantitative estimate of drug-likeness (QED) is 0.796. The molecule has 1 heterocycles. The van der Waals surface area contributed by atoms with Gasteiger partial charge in [0.15, 0.2) is 15.6 Å². The van der Waals surface area contributed by atoms with Crippen LogP contribution in [0.4, 0.5) is 5.69 Å². The van der Waals surface area contributed by atoms with Gasteiger partial charge in [-0.1, -0.05) is 6.07 Å². The second-order valence-electron chi connectivity index (χ2n) is 4.86. The number of hydrogen-bond acceptors (Lipinski definition) is 5. The topological polar surface area (TPSA) is 98.5 Å². The normalized spacial score (nSPS) is 21.1. The SMILES string of the molecule is COc1c(N)cccc1C(=O)NC1CCCS(=O)(=O)C1. The van der Waals surface area contributed by atoms with Gasteiger partial charge in [0.25, 0.3) is 5.91 Å². The van der Waals surface area contributed by atoms with E-state index in [9.17, 15) is 13.2 Å². The van der Waals surface area contributed by atoms with Gasteiger partial charge < -0.3 is 15.8 Å². The van der Waals surface area contributed by atoms with Crippen LogP contribution in [0.2, 0.25) is 0 Å². The number of nitrogens with two attached hydrogens (primary N) is 1. The van der Waals surface area contributed by atoms with Crippen LogP contribution in [0.5, 0.6) is 5.75 Å². The third-order valence-corrected chi connectivity index (χ3v) is 5.11. The summed E-state index contributed by atoms with van der Waals surface area (Å²) in [6, 6.07) is 4.54. The summed E-state index contributed by atoms with van der Waals surface area (Å²) in [6.07, 6.45) is 1.23. The predicted molar refractivity (Wildman–Crippen MR) is 76.5 cm³/mol. The minimum atomic E-state index is -3.05. The number of nitrogen functional groups attached to an aromatic ring is 1. The van der Waals surface area contributed by atoms with E-state index < -0.39 is 9.84 Å². The van der Waals surface area contributed by atoms with Gasteiger partial charge in [-0.25, -0.2) is 8.42 Å². The van der Waals surface area contributed by atoms with Crippen molar-refractivity contribution in [3.05, 3.63) is 23.8 Å². The molecule has 0 aliphatic carbocycles. The first-order chi connectivity index (χ1) is 9.43. The van der Waals surface area contributed by atoms with Crippen LogP contribution in [0.15, 0.2) is 18.2 Å². The highest BCUT2D eigenvalue weighted by Crippen LogP contribution is 2.26. The minimum Gasteiger partial charge on any atom is -0.494 e. The average molecular weight is 298 g/mol. The Kier molecular flexibility index (Phi) is 4.17. The Hall–Kier alpha value is -1.76. The summed E-state index contributed by atoms with van der Waals surface area (Å²) < 4.78 is 28.2. The molecular formula is C13H18N2O4S. The standard InChI is InChI=1S/C13H18N2O4S/c1-19-12-10(5-2-6-11(12)14)13(16)15-9-4-3-7-20(17,18)8-9/h2,5-6,9H,3-4,7-8,14H2,1H3,(H,15,16). The molecule has 1 aliphatic rings. The number of carbonyl (C=O) groups is 1. The van der Waals surface area contributed by atoms with E-state index in [1.165, 1.54) is 7.11 Å². The van der Waals surface area contributed by atoms with Crippen molar-refractivity contribution < 1.29 is 17.9 Å². The Morgan fingerprint density at radius 1 is 1.45 bits per heavy atom. The molecule has 20 heavy (non-hydrogen) atoms. The monoisotopic (exact) mass is 298 g/mol. The molecule has 1 unspecified atom stereocenters. The van der Waals surface area contributed by atoms with Gasteiger partial charge in [0.05, 0.1) is 29.9 Å². The summed E-state index contributed by atoms with van der Waals surface area (Å²) in [5.74, 6) is 0.129. The zero-order chi connectivity index (χ0) is 14.8. The second-order valence-corrected chi connectivity index (χ2v) is 7.08. The second kappa shape index (κ2) is 5.70. The van der Waals surface area contributed by atoms with Gasteiger partial charge in [-0.05, 0) is 25.0 Å². The molecule has 0 spiro atoms. The Labute approximate surface area is 118 Å². The van der Waals surface area contributed by atoms with Crippen LogP contribution in [0.25, 0.3) is 0 Å². The maximum atomic E-state index is 12.2. The van der Waals surface area contributed by atoms with E-state index in [4.69, 9.17) is 10.5 Å². The maximum Gasteiger partial charge on any atom is 0.255 e. The molecule has 1 amide bonds. The van der Waals surface area contributed by atoms with Crippen molar-refractivity contribution in [2.24, 2.45) is 0 Å². The van der Waals surface area contributed by atoms with Gasteiger partial charge in [0, 0.05) is 6.04 Å². The summed E-state index contributed by atoms with van der Waals surface area (Å²) in [5, 5.41) is 2.74. The Morgan fingerprint density at radius 2 is 2.20 bits per heavy atom. The summed E-state index contributed by atoms with van der Waals surface area (Å²) in [6.45, 7) is 0. The zero-order valence-electron chi connectivity index (χ0n) is 11.3. The van der Waals surface area contributed by atoms with Crippen molar-refractivity contribution in [1.29, 1.82) is 0 Å². The number of rotatable bonds is 3. The van der Waals surface area contributed by atoms with Gasteiger partial charge in [-0.2, -0.15) is 0 Å². The number of sulfone groups is 1. The lowest BCUT2D eigenvalue weighted by Gasteiger charge is -2.23. The van der Waals surface area contributed by atoms with Crippen LogP contribution in [0.1, 0.15) is 23.2 Å². The van der Waals surface area contributed by atoms with E-state index in [1.54, 1.807) is 18.2 Å². The molecule has 6 nitrogen and oxygen atoms in total. The number of para-hydroxylation sites is 1. The molecule has 3 N–H and O–H groups in total. The van der Waals surface area contributed by atoms with Crippen LogP contribution in [0, 0.1) is 0 Å². The fourth-order valence-corrected chi connectivity index (χ4v) is 4.00. The number of benzene rings is 1. The van der Waals surface area contributed by atoms with E-state index in [2.05, 4.69) is 5.32 Å². The van der Waals surface area contributed by atoms with Crippen molar-refractivity contribution in [2.75, 3.05) is 24.3 Å². The third kappa shape index (κ3) is 3.22. The number of methoxy groups -OCH3 is 1. The van der Waals surface area contributed by atoms with Crippen LogP contribution < -0.4 is 15.8 Å². The number of anilines is 1. The molecule has 1 saturated heterocycles. The lowest BCUT2D eigenvalue weighted by molar-refractivity contribution is 0.0935. The van der Waals surface area contributed by atoms with Crippen molar-refractivity contribution in [2.45, 2.75) is 18.9 Å². The van der Waals surface area contributed by atoms with Crippen molar-refractivity contribution in [3.8, 4) is 5.75 Å². The van der Waals surface area contributed by atoms with Crippen LogP contribution >= 0.6 is 0 Å². The molecule has 2 rings (SSSR count). The van der Waals surface area contributed by atoms with E-state index in [0.717, 1.165) is 0 Å². The number of carbonyl (C=O) groups excluding carboxylic acids is 1. The first-order valence-corrected chi connectivity index (χ1v) is 8.19. The Bertz CT molecular complexity index is 613. The van der Waals surface area contributed by atoms with E-state index in [0.29, 0.717) is 29.8 Å². The molecule has 110 valence electrons. The van der Waals surface area contributed by atoms with Crippen molar-refractivity contribution >= 4 is 21.4 Å². The van der Waals surface area contributed by atoms with Gasteiger partial charge in [-0.15, -0.1) is 0 Å². The summed E-state index contributed by atoms with van der Waals surface area (Å²) in [5.41, 5.74) is 6.43. The van der Waals surface area contributed by atoms with Crippen LogP contribution in [-0.2, 0) is 9.84 Å². The summed E-state index contributed by atoms with van der Waals surface area (Å²) in [7, 11) is -1.62. The molecule has 1 aromatic carbocycles. The summed E-state index contributed by atoms with van der Waals surface area (Å²) >= 11 is 0. The Morgan fingerprint density at radius 3 is 2.85 bits per heavy atom. The van der Waals surface area contributed by atoms with E-state index >= 15 is 0 Å². The molecule has 1 aromatic rings. The highest BCUT2D eigenvalue weighted by molar-refractivity contribution is 7.91. The molecule has 7 heteroatoms. The fourth-order valence-electron chi connectivity index (χ4n) is 2.36. The molecule has 1 aliphatic heterocycles. The first kappa shape index (κ1) is 14.6. The van der Waals surface area contributed by atoms with Crippen LogP contribution in [-0.4, -0.2) is 39.0 Å². The molecule has 1 atom stereocenters. The molecule has 0 radical (unpaired) electrons. The number of nitrogens with one attached hydrogen (secondary N) is 1. The van der Waals surface area contributed by atoms with Crippen LogP contribution in [0.3, 0.4) is 0 Å². The van der Waals surface area contributed by atoms with Crippen molar-refractivity contribution in [3.63, 3.8) is 0 Å². The summed E-state index contributed by atoms with van der Waals surface area (Å²) in [4.78, 5) is 12.2. The predicted octanol–water partition coefficient (Wildman–Crippen LogP) is 0.584. The molecule has 0 aromatic heterocycles. The Balaban J connectivity index is 2.15. The smallest absolute Gasteiger partial charge is 0.255 e.